The van der Waals surface area contributed by atoms with Gasteiger partial charge in [-0.15, -0.1) is 0 Å². The van der Waals surface area contributed by atoms with E-state index in [9.17, 15) is 13.2 Å². The maximum absolute atomic E-state index is 13.7. The quantitative estimate of drug-likeness (QED) is 0.681. The Labute approximate surface area is 197 Å². The largest absolute Gasteiger partial charge is 0.465 e. The summed E-state index contributed by atoms with van der Waals surface area (Å²) in [7, 11) is -3.71. The predicted molar refractivity (Wildman–Crippen MR) is 129 cm³/mol. The van der Waals surface area contributed by atoms with Crippen LogP contribution in [0.4, 0.5) is 5.69 Å². The Balaban J connectivity index is 1.62. The van der Waals surface area contributed by atoms with E-state index >= 15 is 0 Å². The summed E-state index contributed by atoms with van der Waals surface area (Å²) in [5.41, 5.74) is 1.05. The molecule has 1 aromatic heterocycles. The molecule has 0 unspecified atom stereocenters. The molecule has 0 bridgehead atoms. The van der Waals surface area contributed by atoms with E-state index in [1.165, 1.54) is 0 Å². The number of hydrogen-bond donors (Lipinski definition) is 1. The molecule has 1 N–H and O–H groups in total. The molecule has 2 saturated heterocycles. The van der Waals surface area contributed by atoms with Gasteiger partial charge in [-0.3, -0.25) is 4.79 Å². The van der Waals surface area contributed by atoms with Crippen molar-refractivity contribution in [3.05, 3.63) is 47.4 Å². The highest BCUT2D eigenvalue weighted by molar-refractivity contribution is 7.89. The maximum Gasteiger partial charge on any atom is 0.251 e. The van der Waals surface area contributed by atoms with Gasteiger partial charge in [-0.25, -0.2) is 8.42 Å². The van der Waals surface area contributed by atoms with Gasteiger partial charge in [0.15, 0.2) is 0 Å². The van der Waals surface area contributed by atoms with Gasteiger partial charge in [-0.2, -0.15) is 4.31 Å². The molecule has 2 aliphatic rings. The number of nitrogens with zero attached hydrogens (tertiary/aromatic N) is 2. The minimum absolute atomic E-state index is 0.244. The molecule has 180 valence electrons. The zero-order valence-electron chi connectivity index (χ0n) is 19.8. The topological polar surface area (TPSA) is 82.9 Å². The first-order valence-electron chi connectivity index (χ1n) is 12.0. The summed E-state index contributed by atoms with van der Waals surface area (Å²) in [6.45, 7) is 9.19. The van der Waals surface area contributed by atoms with E-state index in [1.54, 1.807) is 22.5 Å². The molecule has 1 amide bonds. The van der Waals surface area contributed by atoms with Gasteiger partial charge >= 0.3 is 0 Å². The minimum Gasteiger partial charge on any atom is -0.465 e. The fourth-order valence-corrected chi connectivity index (χ4v) is 6.29. The normalized spacial score (nSPS) is 19.1. The number of carbonyl (C=O) groups excluding carboxylic acids is 1. The standard InChI is InChI=1S/C25H35N3O4S/c1-18-8-12-27(13-9-18)23-7-5-21(25(29)26-17-22-6-4-20(3)32-22)16-24(23)33(30,31)28-14-10-19(2)11-15-28/h4-7,16,18-19H,8-15,17H2,1-3H3,(H,26,29). The summed E-state index contributed by atoms with van der Waals surface area (Å²) >= 11 is 0. The second-order valence-corrected chi connectivity index (χ2v) is 11.5. The van der Waals surface area contributed by atoms with Crippen LogP contribution in [0, 0.1) is 18.8 Å². The number of furan rings is 1. The molecular weight excluding hydrogens is 438 g/mol. The first kappa shape index (κ1) is 23.8. The van der Waals surface area contributed by atoms with Crippen molar-refractivity contribution in [1.82, 2.24) is 9.62 Å². The van der Waals surface area contributed by atoms with Gasteiger partial charge in [-0.05, 0) is 74.8 Å². The lowest BCUT2D eigenvalue weighted by Crippen LogP contribution is -2.40. The summed E-state index contributed by atoms with van der Waals surface area (Å²) < 4.78 is 34.6. The van der Waals surface area contributed by atoms with Crippen LogP contribution in [-0.2, 0) is 16.6 Å². The fraction of sp³-hybridized carbons (Fsp3) is 0.560. The molecule has 0 spiro atoms. The minimum atomic E-state index is -3.71. The van der Waals surface area contributed by atoms with Gasteiger partial charge in [0.25, 0.3) is 5.91 Å². The van der Waals surface area contributed by atoms with Crippen LogP contribution in [-0.4, -0.2) is 44.8 Å². The Morgan fingerprint density at radius 2 is 1.64 bits per heavy atom. The molecule has 1 aromatic carbocycles. The van der Waals surface area contributed by atoms with Gasteiger partial charge in [0.1, 0.15) is 16.4 Å². The lowest BCUT2D eigenvalue weighted by Gasteiger charge is -2.35. The Hall–Kier alpha value is -2.32. The molecule has 3 heterocycles. The number of amides is 1. The average molecular weight is 474 g/mol. The zero-order chi connectivity index (χ0) is 23.6. The molecule has 33 heavy (non-hydrogen) atoms. The second-order valence-electron chi connectivity index (χ2n) is 9.63. The molecule has 4 rings (SSSR count). The van der Waals surface area contributed by atoms with Crippen molar-refractivity contribution < 1.29 is 17.6 Å². The van der Waals surface area contributed by atoms with Crippen LogP contribution < -0.4 is 10.2 Å². The van der Waals surface area contributed by atoms with E-state index in [-0.39, 0.29) is 17.3 Å². The molecule has 8 heteroatoms. The van der Waals surface area contributed by atoms with Crippen molar-refractivity contribution in [1.29, 1.82) is 0 Å². The SMILES string of the molecule is Cc1ccc(CNC(=O)c2ccc(N3CCC(C)CC3)c(S(=O)(=O)N3CCC(C)CC3)c2)o1. The van der Waals surface area contributed by atoms with Crippen molar-refractivity contribution in [2.45, 2.75) is 57.9 Å². The molecule has 7 nitrogen and oxygen atoms in total. The Morgan fingerprint density at radius 1 is 1.00 bits per heavy atom. The van der Waals surface area contributed by atoms with Gasteiger partial charge in [0.05, 0.1) is 12.2 Å². The number of carbonyl (C=O) groups is 1. The lowest BCUT2D eigenvalue weighted by molar-refractivity contribution is 0.0947. The number of aryl methyl sites for hydroxylation is 1. The van der Waals surface area contributed by atoms with E-state index in [0.29, 0.717) is 41.9 Å². The number of nitrogens with one attached hydrogen (secondary N) is 1. The average Bonchev–Trinajstić information content (AvgIpc) is 3.23. The summed E-state index contributed by atoms with van der Waals surface area (Å²) in [4.78, 5) is 15.3. The molecule has 2 aromatic rings. The van der Waals surface area contributed by atoms with Crippen molar-refractivity contribution in [2.24, 2.45) is 11.8 Å². The first-order chi connectivity index (χ1) is 15.7. The molecule has 2 fully saturated rings. The third-order valence-corrected chi connectivity index (χ3v) is 8.85. The summed E-state index contributed by atoms with van der Waals surface area (Å²) in [5, 5.41) is 2.84. The van der Waals surface area contributed by atoms with Gasteiger partial charge in [0, 0.05) is 31.7 Å². The lowest BCUT2D eigenvalue weighted by atomic mass is 9.98. The molecule has 2 aliphatic heterocycles. The highest BCUT2D eigenvalue weighted by atomic mass is 32.2. The predicted octanol–water partition coefficient (Wildman–Crippen LogP) is 4.17. The molecular formula is C25H35N3O4S. The summed E-state index contributed by atoms with van der Waals surface area (Å²) in [6.07, 6.45) is 3.79. The smallest absolute Gasteiger partial charge is 0.251 e. The fourth-order valence-electron chi connectivity index (χ4n) is 4.59. The van der Waals surface area contributed by atoms with E-state index in [2.05, 4.69) is 24.1 Å². The number of rotatable bonds is 6. The van der Waals surface area contributed by atoms with Crippen LogP contribution in [0.1, 0.15) is 61.4 Å². The van der Waals surface area contributed by atoms with Crippen molar-refractivity contribution in [3.63, 3.8) is 0 Å². The third-order valence-electron chi connectivity index (χ3n) is 6.93. The van der Waals surface area contributed by atoms with Gasteiger partial charge < -0.3 is 14.6 Å². The van der Waals surface area contributed by atoms with Crippen LogP contribution >= 0.6 is 0 Å². The van der Waals surface area contributed by atoms with E-state index in [0.717, 1.165) is 44.5 Å². The van der Waals surface area contributed by atoms with E-state index in [1.807, 2.05) is 19.1 Å². The third kappa shape index (κ3) is 5.44. The number of benzene rings is 1. The highest BCUT2D eigenvalue weighted by Crippen LogP contribution is 2.33. The highest BCUT2D eigenvalue weighted by Gasteiger charge is 2.32. The van der Waals surface area contributed by atoms with Crippen LogP contribution in [0.3, 0.4) is 0 Å². The number of sulfonamides is 1. The number of piperidine rings is 2. The summed E-state index contributed by atoms with van der Waals surface area (Å²) in [5.74, 6) is 2.30. The second kappa shape index (κ2) is 9.89. The molecule has 0 radical (unpaired) electrons. The molecule has 0 aliphatic carbocycles. The van der Waals surface area contributed by atoms with Crippen molar-refractivity contribution in [3.8, 4) is 0 Å². The maximum atomic E-state index is 13.7. The summed E-state index contributed by atoms with van der Waals surface area (Å²) in [6, 6.07) is 8.77. The monoisotopic (exact) mass is 473 g/mol. The van der Waals surface area contributed by atoms with Crippen LogP contribution in [0.5, 0.6) is 0 Å². The Kier molecular flexibility index (Phi) is 7.14. The first-order valence-corrected chi connectivity index (χ1v) is 13.4. The zero-order valence-corrected chi connectivity index (χ0v) is 20.7. The van der Waals surface area contributed by atoms with Crippen LogP contribution in [0.15, 0.2) is 39.6 Å². The van der Waals surface area contributed by atoms with E-state index < -0.39 is 10.0 Å². The van der Waals surface area contributed by atoms with Crippen molar-refractivity contribution in [2.75, 3.05) is 31.1 Å². The van der Waals surface area contributed by atoms with Gasteiger partial charge in [-0.1, -0.05) is 13.8 Å². The Bertz CT molecular complexity index is 1080. The number of hydrogen-bond acceptors (Lipinski definition) is 5. The number of anilines is 1. The molecule has 0 saturated carbocycles. The molecule has 0 atom stereocenters. The van der Waals surface area contributed by atoms with Crippen LogP contribution in [0.2, 0.25) is 0 Å². The van der Waals surface area contributed by atoms with Crippen molar-refractivity contribution >= 4 is 21.6 Å². The van der Waals surface area contributed by atoms with Gasteiger partial charge in [0.2, 0.25) is 10.0 Å². The van der Waals surface area contributed by atoms with Crippen LogP contribution in [0.25, 0.3) is 0 Å². The Morgan fingerprint density at radius 3 is 2.24 bits per heavy atom. The van der Waals surface area contributed by atoms with E-state index in [4.69, 9.17) is 4.42 Å².